The van der Waals surface area contributed by atoms with Crippen molar-refractivity contribution in [1.29, 1.82) is 0 Å². The lowest BCUT2D eigenvalue weighted by Gasteiger charge is -2.52. The topological polar surface area (TPSA) is 105 Å². The van der Waals surface area contributed by atoms with Crippen LogP contribution in [0.5, 0.6) is 0 Å². The minimum absolute atomic E-state index is 0.0965. The standard InChI is InChI=1S/C26H40N4O5/c1-18(2)12-15-34-26(33)30-23-17-28(14-11-20-8-6-5-7-9-20)24(31)21(16-19(3)4)29(23)25(32)22(35-30)10-13-27/h5-9,18-19,21-23H,10-17,27H2,1-4H3/t21-,22+,23?/m0/s1. The maximum absolute atomic E-state index is 13.6. The van der Waals surface area contributed by atoms with Crippen LogP contribution in [0.2, 0.25) is 0 Å². The van der Waals surface area contributed by atoms with Crippen LogP contribution in [0.15, 0.2) is 30.3 Å². The number of carbonyl (C=O) groups is 3. The highest BCUT2D eigenvalue weighted by molar-refractivity contribution is 5.92. The molecule has 35 heavy (non-hydrogen) atoms. The van der Waals surface area contributed by atoms with Crippen molar-refractivity contribution < 1.29 is 24.0 Å². The molecule has 3 amide bonds. The molecule has 1 unspecified atom stereocenters. The molecule has 2 aliphatic rings. The van der Waals surface area contributed by atoms with Gasteiger partial charge in [-0.1, -0.05) is 58.0 Å². The Bertz CT molecular complexity index is 863. The lowest BCUT2D eigenvalue weighted by atomic mass is 9.96. The molecule has 0 saturated carbocycles. The van der Waals surface area contributed by atoms with Crippen LogP contribution in [0, 0.1) is 11.8 Å². The molecule has 2 fully saturated rings. The monoisotopic (exact) mass is 488 g/mol. The van der Waals surface area contributed by atoms with Gasteiger partial charge >= 0.3 is 6.09 Å². The van der Waals surface area contributed by atoms with E-state index in [-0.39, 0.29) is 43.8 Å². The molecule has 0 bridgehead atoms. The summed E-state index contributed by atoms with van der Waals surface area (Å²) in [6.45, 7) is 9.27. The normalized spacial score (nSPS) is 22.7. The largest absolute Gasteiger partial charge is 0.448 e. The molecule has 1 aromatic rings. The average Bonchev–Trinajstić information content (AvgIpc) is 2.81. The maximum atomic E-state index is 13.6. The molecule has 3 rings (SSSR count). The summed E-state index contributed by atoms with van der Waals surface area (Å²) in [5.74, 6) is 0.159. The zero-order valence-electron chi connectivity index (χ0n) is 21.4. The molecule has 9 nitrogen and oxygen atoms in total. The number of hydrogen-bond donors (Lipinski definition) is 1. The van der Waals surface area contributed by atoms with Crippen LogP contribution in [0.3, 0.4) is 0 Å². The van der Waals surface area contributed by atoms with E-state index in [0.717, 1.165) is 17.0 Å². The number of nitrogens with two attached hydrogens (primary N) is 1. The van der Waals surface area contributed by atoms with Gasteiger partial charge < -0.3 is 20.3 Å². The van der Waals surface area contributed by atoms with Crippen LogP contribution in [-0.2, 0) is 25.6 Å². The smallest absolute Gasteiger partial charge is 0.436 e. The van der Waals surface area contributed by atoms with Crippen LogP contribution >= 0.6 is 0 Å². The van der Waals surface area contributed by atoms with Gasteiger partial charge in [-0.2, -0.15) is 5.06 Å². The van der Waals surface area contributed by atoms with E-state index in [1.54, 1.807) is 9.80 Å². The van der Waals surface area contributed by atoms with Crippen LogP contribution < -0.4 is 5.73 Å². The summed E-state index contributed by atoms with van der Waals surface area (Å²) in [5.41, 5.74) is 6.84. The molecule has 2 N–H and O–H groups in total. The van der Waals surface area contributed by atoms with Gasteiger partial charge in [-0.15, -0.1) is 0 Å². The van der Waals surface area contributed by atoms with Crippen LogP contribution in [0.25, 0.3) is 0 Å². The van der Waals surface area contributed by atoms with E-state index in [9.17, 15) is 14.4 Å². The van der Waals surface area contributed by atoms with Crippen molar-refractivity contribution in [1.82, 2.24) is 14.9 Å². The Hall–Kier alpha value is -2.65. The fraction of sp³-hybridized carbons (Fsp3) is 0.654. The number of piperazine rings is 1. The molecule has 2 saturated heterocycles. The third kappa shape index (κ3) is 6.73. The summed E-state index contributed by atoms with van der Waals surface area (Å²) in [4.78, 5) is 49.3. The molecule has 0 radical (unpaired) electrons. The highest BCUT2D eigenvalue weighted by Gasteiger charge is 2.53. The molecule has 2 heterocycles. The van der Waals surface area contributed by atoms with E-state index < -0.39 is 24.4 Å². The van der Waals surface area contributed by atoms with Crippen molar-refractivity contribution in [2.24, 2.45) is 17.6 Å². The zero-order chi connectivity index (χ0) is 25.5. The number of fused-ring (bicyclic) bond motifs is 1. The molecular formula is C26H40N4O5. The fourth-order valence-electron chi connectivity index (χ4n) is 4.53. The number of ether oxygens (including phenoxy) is 1. The summed E-state index contributed by atoms with van der Waals surface area (Å²) < 4.78 is 5.50. The first-order valence-electron chi connectivity index (χ1n) is 12.7. The van der Waals surface area contributed by atoms with Crippen LogP contribution in [0.4, 0.5) is 4.79 Å². The van der Waals surface area contributed by atoms with Gasteiger partial charge in [0.2, 0.25) is 5.91 Å². The van der Waals surface area contributed by atoms with Crippen molar-refractivity contribution >= 4 is 17.9 Å². The van der Waals surface area contributed by atoms with E-state index in [1.165, 1.54) is 0 Å². The third-order valence-electron chi connectivity index (χ3n) is 6.42. The van der Waals surface area contributed by atoms with E-state index >= 15 is 0 Å². The quantitative estimate of drug-likeness (QED) is 0.543. The predicted octanol–water partition coefficient (Wildman–Crippen LogP) is 2.79. The predicted molar refractivity (Wildman–Crippen MR) is 132 cm³/mol. The van der Waals surface area contributed by atoms with E-state index in [4.69, 9.17) is 15.3 Å². The average molecular weight is 489 g/mol. The number of hydroxylamine groups is 2. The summed E-state index contributed by atoms with van der Waals surface area (Å²) in [6, 6.07) is 9.27. The lowest BCUT2D eigenvalue weighted by Crippen LogP contribution is -2.73. The zero-order valence-corrected chi connectivity index (χ0v) is 21.4. The van der Waals surface area contributed by atoms with Gasteiger partial charge in [0, 0.05) is 6.54 Å². The summed E-state index contributed by atoms with van der Waals surface area (Å²) in [7, 11) is 0. The first kappa shape index (κ1) is 26.9. The Morgan fingerprint density at radius 1 is 1.11 bits per heavy atom. The first-order valence-corrected chi connectivity index (χ1v) is 12.7. The summed E-state index contributed by atoms with van der Waals surface area (Å²) in [6.07, 6.45) is -0.177. The summed E-state index contributed by atoms with van der Waals surface area (Å²) >= 11 is 0. The molecule has 0 aliphatic carbocycles. The Morgan fingerprint density at radius 3 is 2.46 bits per heavy atom. The maximum Gasteiger partial charge on any atom is 0.436 e. The van der Waals surface area contributed by atoms with Gasteiger partial charge in [0.25, 0.3) is 5.91 Å². The molecule has 0 aromatic heterocycles. The molecule has 3 atom stereocenters. The number of amides is 3. The van der Waals surface area contributed by atoms with Crippen molar-refractivity contribution in [3.05, 3.63) is 35.9 Å². The van der Waals surface area contributed by atoms with Crippen molar-refractivity contribution in [3.63, 3.8) is 0 Å². The van der Waals surface area contributed by atoms with Crippen molar-refractivity contribution in [2.75, 3.05) is 26.2 Å². The summed E-state index contributed by atoms with van der Waals surface area (Å²) in [5, 5.41) is 1.16. The minimum Gasteiger partial charge on any atom is -0.448 e. The highest BCUT2D eigenvalue weighted by Crippen LogP contribution is 2.31. The number of benzene rings is 1. The second-order valence-electron chi connectivity index (χ2n) is 10.2. The lowest BCUT2D eigenvalue weighted by molar-refractivity contribution is -0.267. The van der Waals surface area contributed by atoms with Crippen molar-refractivity contribution in [2.45, 2.75) is 71.7 Å². The third-order valence-corrected chi connectivity index (χ3v) is 6.42. The van der Waals surface area contributed by atoms with Crippen LogP contribution in [0.1, 0.15) is 52.5 Å². The molecule has 2 aliphatic heterocycles. The van der Waals surface area contributed by atoms with E-state index in [2.05, 4.69) is 13.8 Å². The molecule has 194 valence electrons. The van der Waals surface area contributed by atoms with Crippen molar-refractivity contribution in [3.8, 4) is 0 Å². The minimum atomic E-state index is -0.924. The van der Waals surface area contributed by atoms with E-state index in [1.807, 2.05) is 44.2 Å². The first-order chi connectivity index (χ1) is 16.7. The van der Waals surface area contributed by atoms with Gasteiger partial charge in [-0.3, -0.25) is 14.4 Å². The second kappa shape index (κ2) is 12.4. The second-order valence-corrected chi connectivity index (χ2v) is 10.2. The Morgan fingerprint density at radius 2 is 1.83 bits per heavy atom. The Balaban J connectivity index is 1.87. The molecule has 0 spiro atoms. The Kier molecular flexibility index (Phi) is 9.51. The number of hydrogen-bond acceptors (Lipinski definition) is 6. The molecular weight excluding hydrogens is 448 g/mol. The number of nitrogens with zero attached hydrogens (tertiary/aromatic N) is 3. The fourth-order valence-corrected chi connectivity index (χ4v) is 4.53. The van der Waals surface area contributed by atoms with Crippen LogP contribution in [-0.4, -0.2) is 77.3 Å². The number of carbonyl (C=O) groups excluding carboxylic acids is 3. The van der Waals surface area contributed by atoms with Gasteiger partial charge in [0.15, 0.2) is 12.3 Å². The Labute approximate surface area is 208 Å². The van der Waals surface area contributed by atoms with E-state index in [0.29, 0.717) is 25.3 Å². The SMILES string of the molecule is CC(C)CCOC(=O)N1O[C@H](CCN)C(=O)N2C1CN(CCc1ccccc1)C(=O)[C@@H]2CC(C)C. The van der Waals surface area contributed by atoms with Gasteiger partial charge in [-0.25, -0.2) is 4.79 Å². The highest BCUT2D eigenvalue weighted by atomic mass is 16.7. The van der Waals surface area contributed by atoms with Gasteiger partial charge in [0.1, 0.15) is 6.04 Å². The van der Waals surface area contributed by atoms with Gasteiger partial charge in [-0.05, 0) is 49.6 Å². The molecule has 9 heteroatoms. The van der Waals surface area contributed by atoms with Gasteiger partial charge in [0.05, 0.1) is 13.2 Å². The number of rotatable bonds is 10. The molecule has 1 aromatic carbocycles.